The van der Waals surface area contributed by atoms with E-state index in [0.29, 0.717) is 0 Å². The van der Waals surface area contributed by atoms with Crippen molar-refractivity contribution >= 4 is 11.3 Å². The quantitative estimate of drug-likeness (QED) is 0.948. The second-order valence-electron chi connectivity index (χ2n) is 5.50. The van der Waals surface area contributed by atoms with Crippen LogP contribution in [0.2, 0.25) is 0 Å². The topological polar surface area (TPSA) is 45.3 Å². The number of aryl methyl sites for hydroxylation is 2. The third kappa shape index (κ3) is 3.26. The summed E-state index contributed by atoms with van der Waals surface area (Å²) in [5.74, 6) is 0. The minimum absolute atomic E-state index is 0.0199. The molecule has 112 valence electrons. The summed E-state index contributed by atoms with van der Waals surface area (Å²) < 4.78 is 5.38. The predicted molar refractivity (Wildman–Crippen MR) is 85.9 cm³/mol. The van der Waals surface area contributed by atoms with Crippen molar-refractivity contribution in [1.82, 2.24) is 9.88 Å². The van der Waals surface area contributed by atoms with Gasteiger partial charge in [-0.15, -0.1) is 0 Å². The third-order valence-corrected chi connectivity index (χ3v) is 4.86. The maximum Gasteiger partial charge on any atom is 0.305 e. The standard InChI is InChI=1S/C16H20N2O2S/c1-11-3-4-13(9-12(11)2)15-14(21-16(19)17-15)10-18-5-7-20-8-6-18/h3-4,9H,5-8,10H2,1-2H3,(H,17,19). The van der Waals surface area contributed by atoms with Crippen molar-refractivity contribution in [3.8, 4) is 11.3 Å². The molecule has 0 atom stereocenters. The van der Waals surface area contributed by atoms with Gasteiger partial charge in [-0.3, -0.25) is 9.69 Å². The lowest BCUT2D eigenvalue weighted by Gasteiger charge is -2.26. The Labute approximate surface area is 128 Å². The first kappa shape index (κ1) is 14.5. The molecule has 0 bridgehead atoms. The Bertz CT molecular complexity index is 684. The number of aromatic nitrogens is 1. The fourth-order valence-electron chi connectivity index (χ4n) is 2.56. The Morgan fingerprint density at radius 1 is 1.24 bits per heavy atom. The molecule has 4 nitrogen and oxygen atoms in total. The minimum atomic E-state index is 0.0199. The van der Waals surface area contributed by atoms with Crippen LogP contribution in [0, 0.1) is 13.8 Å². The number of nitrogens with one attached hydrogen (secondary N) is 1. The molecule has 0 aliphatic carbocycles. The molecule has 0 unspecified atom stereocenters. The van der Waals surface area contributed by atoms with Crippen molar-refractivity contribution < 1.29 is 4.74 Å². The molecule has 0 saturated carbocycles. The molecule has 1 aromatic heterocycles. The number of hydrogen-bond acceptors (Lipinski definition) is 4. The van der Waals surface area contributed by atoms with Crippen LogP contribution in [0.5, 0.6) is 0 Å². The number of H-pyrrole nitrogens is 1. The highest BCUT2D eigenvalue weighted by molar-refractivity contribution is 7.09. The average Bonchev–Trinajstić information content (AvgIpc) is 2.84. The first-order valence-electron chi connectivity index (χ1n) is 7.23. The van der Waals surface area contributed by atoms with Crippen molar-refractivity contribution in [2.45, 2.75) is 20.4 Å². The van der Waals surface area contributed by atoms with Gasteiger partial charge in [0.05, 0.1) is 18.9 Å². The van der Waals surface area contributed by atoms with Gasteiger partial charge in [0.2, 0.25) is 0 Å². The van der Waals surface area contributed by atoms with Crippen LogP contribution in [0.1, 0.15) is 16.0 Å². The number of rotatable bonds is 3. The maximum atomic E-state index is 11.8. The fraction of sp³-hybridized carbons (Fsp3) is 0.438. The number of thiazole rings is 1. The van der Waals surface area contributed by atoms with E-state index >= 15 is 0 Å². The van der Waals surface area contributed by atoms with E-state index < -0.39 is 0 Å². The summed E-state index contributed by atoms with van der Waals surface area (Å²) in [4.78, 5) is 18.3. The number of hydrogen-bond donors (Lipinski definition) is 1. The largest absolute Gasteiger partial charge is 0.379 e. The molecule has 1 aliphatic rings. The summed E-state index contributed by atoms with van der Waals surface area (Å²) in [6, 6.07) is 6.35. The molecule has 2 heterocycles. The van der Waals surface area contributed by atoms with E-state index in [0.717, 1.165) is 49.0 Å². The summed E-state index contributed by atoms with van der Waals surface area (Å²) in [5, 5.41) is 0. The van der Waals surface area contributed by atoms with Crippen LogP contribution in [0.4, 0.5) is 0 Å². The molecule has 1 N–H and O–H groups in total. The van der Waals surface area contributed by atoms with Crippen molar-refractivity contribution in [1.29, 1.82) is 0 Å². The molecular weight excluding hydrogens is 284 g/mol. The zero-order chi connectivity index (χ0) is 14.8. The normalized spacial score (nSPS) is 16.3. The number of aromatic amines is 1. The number of morpholine rings is 1. The van der Waals surface area contributed by atoms with Gasteiger partial charge in [-0.05, 0) is 36.6 Å². The molecule has 5 heteroatoms. The minimum Gasteiger partial charge on any atom is -0.379 e. The van der Waals surface area contributed by atoms with Gasteiger partial charge in [0.15, 0.2) is 0 Å². The van der Waals surface area contributed by atoms with Crippen LogP contribution in [-0.4, -0.2) is 36.2 Å². The average molecular weight is 304 g/mol. The molecule has 2 aromatic rings. The summed E-state index contributed by atoms with van der Waals surface area (Å²) >= 11 is 1.32. The third-order valence-electron chi connectivity index (χ3n) is 3.99. The van der Waals surface area contributed by atoms with Gasteiger partial charge in [0.1, 0.15) is 0 Å². The molecule has 1 aliphatic heterocycles. The molecule has 1 fully saturated rings. The monoisotopic (exact) mass is 304 g/mol. The van der Waals surface area contributed by atoms with Crippen LogP contribution in [0.15, 0.2) is 23.0 Å². The van der Waals surface area contributed by atoms with Crippen LogP contribution in [0.3, 0.4) is 0 Å². The Morgan fingerprint density at radius 3 is 2.71 bits per heavy atom. The Morgan fingerprint density at radius 2 is 2.00 bits per heavy atom. The number of ether oxygens (including phenoxy) is 1. The Balaban J connectivity index is 1.91. The smallest absolute Gasteiger partial charge is 0.305 e. The summed E-state index contributed by atoms with van der Waals surface area (Å²) in [7, 11) is 0. The van der Waals surface area contributed by atoms with Crippen molar-refractivity contribution in [3.63, 3.8) is 0 Å². The van der Waals surface area contributed by atoms with Gasteiger partial charge in [0, 0.05) is 24.5 Å². The van der Waals surface area contributed by atoms with Crippen molar-refractivity contribution in [2.75, 3.05) is 26.3 Å². The molecule has 0 radical (unpaired) electrons. The lowest BCUT2D eigenvalue weighted by molar-refractivity contribution is 0.0347. The zero-order valence-electron chi connectivity index (χ0n) is 12.4. The molecular formula is C16H20N2O2S. The summed E-state index contributed by atoms with van der Waals surface area (Å²) in [6.45, 7) is 8.43. The van der Waals surface area contributed by atoms with Crippen LogP contribution >= 0.6 is 11.3 Å². The second-order valence-corrected chi connectivity index (χ2v) is 6.57. The molecule has 0 spiro atoms. The summed E-state index contributed by atoms with van der Waals surface area (Å²) in [5.41, 5.74) is 4.59. The van der Waals surface area contributed by atoms with Gasteiger partial charge in [-0.2, -0.15) is 0 Å². The van der Waals surface area contributed by atoms with Gasteiger partial charge < -0.3 is 9.72 Å². The second kappa shape index (κ2) is 6.13. The van der Waals surface area contributed by atoms with Gasteiger partial charge in [-0.1, -0.05) is 23.5 Å². The maximum absolute atomic E-state index is 11.8. The first-order valence-corrected chi connectivity index (χ1v) is 8.05. The number of benzene rings is 1. The number of nitrogens with zero attached hydrogens (tertiary/aromatic N) is 1. The zero-order valence-corrected chi connectivity index (χ0v) is 13.3. The Hall–Kier alpha value is -1.43. The van der Waals surface area contributed by atoms with Crippen molar-refractivity contribution in [3.05, 3.63) is 43.9 Å². The van der Waals surface area contributed by atoms with Gasteiger partial charge >= 0.3 is 4.87 Å². The van der Waals surface area contributed by atoms with E-state index in [2.05, 4.69) is 41.9 Å². The molecule has 1 saturated heterocycles. The molecule has 3 rings (SSSR count). The van der Waals surface area contributed by atoms with E-state index in [1.54, 1.807) is 0 Å². The van der Waals surface area contributed by atoms with E-state index in [1.807, 2.05) is 0 Å². The van der Waals surface area contributed by atoms with E-state index in [-0.39, 0.29) is 4.87 Å². The van der Waals surface area contributed by atoms with Crippen LogP contribution < -0.4 is 4.87 Å². The first-order chi connectivity index (χ1) is 10.1. The summed E-state index contributed by atoms with van der Waals surface area (Å²) in [6.07, 6.45) is 0. The van der Waals surface area contributed by atoms with Gasteiger partial charge in [-0.25, -0.2) is 0 Å². The predicted octanol–water partition coefficient (Wildman–Crippen LogP) is 2.55. The van der Waals surface area contributed by atoms with Gasteiger partial charge in [0.25, 0.3) is 0 Å². The van der Waals surface area contributed by atoms with E-state index in [4.69, 9.17) is 4.74 Å². The fourth-order valence-corrected chi connectivity index (χ4v) is 3.46. The van der Waals surface area contributed by atoms with Crippen LogP contribution in [0.25, 0.3) is 11.3 Å². The molecule has 0 amide bonds. The van der Waals surface area contributed by atoms with Crippen LogP contribution in [-0.2, 0) is 11.3 Å². The van der Waals surface area contributed by atoms with E-state index in [9.17, 15) is 4.79 Å². The molecule has 21 heavy (non-hydrogen) atoms. The lowest BCUT2D eigenvalue weighted by Crippen LogP contribution is -2.35. The Kier molecular flexibility index (Phi) is 4.24. The van der Waals surface area contributed by atoms with E-state index in [1.165, 1.54) is 22.5 Å². The highest BCUT2D eigenvalue weighted by atomic mass is 32.1. The van der Waals surface area contributed by atoms with Crippen molar-refractivity contribution in [2.24, 2.45) is 0 Å². The lowest BCUT2D eigenvalue weighted by atomic mass is 10.0. The highest BCUT2D eigenvalue weighted by Gasteiger charge is 2.16. The highest BCUT2D eigenvalue weighted by Crippen LogP contribution is 2.26. The SMILES string of the molecule is Cc1ccc(-c2[nH]c(=O)sc2CN2CCOCC2)cc1C. The molecule has 1 aromatic carbocycles.